The van der Waals surface area contributed by atoms with E-state index in [0.29, 0.717) is 19.6 Å². The third-order valence-corrected chi connectivity index (χ3v) is 5.69. The minimum atomic E-state index is -1.87. The number of nitrogens with two attached hydrogens (primary N) is 1. The molecule has 0 radical (unpaired) electrons. The Hall–Kier alpha value is -2.12. The molecule has 0 aliphatic rings. The Labute approximate surface area is 205 Å². The Morgan fingerprint density at radius 3 is 2.26 bits per heavy atom. The molecule has 2 atom stereocenters. The fraction of sp³-hybridized carbons (Fsp3) is 0.704. The van der Waals surface area contributed by atoms with Gasteiger partial charge in [-0.25, -0.2) is 9.59 Å². The van der Waals surface area contributed by atoms with E-state index < -0.39 is 23.1 Å². The zero-order valence-corrected chi connectivity index (χ0v) is 22.4. The van der Waals surface area contributed by atoms with Gasteiger partial charge in [0.2, 0.25) is 5.54 Å². The van der Waals surface area contributed by atoms with Crippen molar-refractivity contribution in [2.24, 2.45) is 17.6 Å². The van der Waals surface area contributed by atoms with E-state index in [1.165, 1.54) is 0 Å². The molecule has 0 heterocycles. The van der Waals surface area contributed by atoms with E-state index in [2.05, 4.69) is 39.0 Å². The van der Waals surface area contributed by atoms with Crippen molar-refractivity contribution in [2.45, 2.75) is 85.3 Å². The summed E-state index contributed by atoms with van der Waals surface area (Å²) < 4.78 is 21.8. The van der Waals surface area contributed by atoms with Crippen LogP contribution in [0.3, 0.4) is 0 Å². The van der Waals surface area contributed by atoms with Crippen LogP contribution in [0.5, 0.6) is 5.75 Å². The lowest BCUT2D eigenvalue weighted by atomic mass is 9.78. The predicted octanol–water partition coefficient (Wildman–Crippen LogP) is 4.47. The van der Waals surface area contributed by atoms with E-state index in [1.807, 2.05) is 0 Å². The van der Waals surface area contributed by atoms with Crippen molar-refractivity contribution in [1.82, 2.24) is 0 Å². The molecule has 7 nitrogen and oxygen atoms in total. The van der Waals surface area contributed by atoms with Crippen molar-refractivity contribution < 1.29 is 28.5 Å². The van der Waals surface area contributed by atoms with Gasteiger partial charge in [-0.1, -0.05) is 32.9 Å². The van der Waals surface area contributed by atoms with E-state index >= 15 is 0 Å². The van der Waals surface area contributed by atoms with Gasteiger partial charge in [-0.3, -0.25) is 0 Å². The Morgan fingerprint density at radius 1 is 1.06 bits per heavy atom. The van der Waals surface area contributed by atoms with Crippen molar-refractivity contribution in [3.8, 4) is 5.75 Å². The Morgan fingerprint density at radius 2 is 1.74 bits per heavy atom. The molecule has 0 saturated heterocycles. The summed E-state index contributed by atoms with van der Waals surface area (Å²) >= 11 is 0. The molecule has 194 valence electrons. The molecule has 0 unspecified atom stereocenters. The van der Waals surface area contributed by atoms with Crippen molar-refractivity contribution in [3.05, 3.63) is 29.3 Å². The van der Waals surface area contributed by atoms with Crippen molar-refractivity contribution in [2.75, 3.05) is 26.9 Å². The van der Waals surface area contributed by atoms with Crippen LogP contribution in [0.1, 0.15) is 72.4 Å². The standard InChI is InChI=1S/C27H45NO6/c1-9-21-13-12-20(17-23(21)33-15-11-14-31-8)16-22(19(3)4)18-27(28,24(29)32-10-2)25(30)34-26(5,6)7/h12-13,17,19,22H,9-11,14-16,18,28H2,1-8H3/t22-,27-/m0/s1. The predicted molar refractivity (Wildman–Crippen MR) is 134 cm³/mol. The molecule has 1 rings (SSSR count). The van der Waals surface area contributed by atoms with Crippen LogP contribution in [-0.4, -0.2) is 50.0 Å². The number of benzene rings is 1. The summed E-state index contributed by atoms with van der Waals surface area (Å²) in [5, 5.41) is 0. The van der Waals surface area contributed by atoms with Crippen LogP contribution in [-0.2, 0) is 36.6 Å². The smallest absolute Gasteiger partial charge is 0.338 e. The van der Waals surface area contributed by atoms with E-state index in [-0.39, 0.29) is 24.9 Å². The van der Waals surface area contributed by atoms with Gasteiger partial charge < -0.3 is 24.7 Å². The molecule has 34 heavy (non-hydrogen) atoms. The van der Waals surface area contributed by atoms with Gasteiger partial charge >= 0.3 is 11.9 Å². The zero-order valence-electron chi connectivity index (χ0n) is 22.4. The highest BCUT2D eigenvalue weighted by Crippen LogP contribution is 2.31. The molecule has 0 bridgehead atoms. The summed E-state index contributed by atoms with van der Waals surface area (Å²) in [5.74, 6) is -0.548. The van der Waals surface area contributed by atoms with Gasteiger partial charge in [0.05, 0.1) is 13.2 Å². The second-order valence-electron chi connectivity index (χ2n) is 10.1. The number of ether oxygens (including phenoxy) is 4. The maximum Gasteiger partial charge on any atom is 0.338 e. The lowest BCUT2D eigenvalue weighted by Crippen LogP contribution is -2.59. The number of esters is 2. The van der Waals surface area contributed by atoms with Gasteiger partial charge in [0, 0.05) is 20.1 Å². The van der Waals surface area contributed by atoms with Gasteiger partial charge in [-0.15, -0.1) is 0 Å². The van der Waals surface area contributed by atoms with Crippen LogP contribution < -0.4 is 10.5 Å². The average Bonchev–Trinajstić information content (AvgIpc) is 2.75. The lowest BCUT2D eigenvalue weighted by molar-refractivity contribution is -0.172. The second kappa shape index (κ2) is 13.7. The molecule has 1 aromatic carbocycles. The summed E-state index contributed by atoms with van der Waals surface area (Å²) in [6, 6.07) is 6.20. The summed E-state index contributed by atoms with van der Waals surface area (Å²) in [6.07, 6.45) is 2.43. The first-order valence-corrected chi connectivity index (χ1v) is 12.3. The second-order valence-corrected chi connectivity index (χ2v) is 10.1. The molecular weight excluding hydrogens is 434 g/mol. The van der Waals surface area contributed by atoms with E-state index in [9.17, 15) is 9.59 Å². The Balaban J connectivity index is 3.17. The number of methoxy groups -OCH3 is 1. The van der Waals surface area contributed by atoms with Crippen molar-refractivity contribution in [1.29, 1.82) is 0 Å². The molecule has 2 N–H and O–H groups in total. The highest BCUT2D eigenvalue weighted by atomic mass is 16.6. The number of hydrogen-bond donors (Lipinski definition) is 1. The average molecular weight is 480 g/mol. The Bertz CT molecular complexity index is 786. The fourth-order valence-electron chi connectivity index (χ4n) is 3.68. The molecule has 1 aromatic rings. The van der Waals surface area contributed by atoms with Crippen LogP contribution in [0, 0.1) is 11.8 Å². The minimum absolute atomic E-state index is 0.0595. The first-order chi connectivity index (χ1) is 15.9. The third kappa shape index (κ3) is 9.26. The SMILES string of the molecule is CCOC(=O)[C@@](N)(C[C@H](Cc1ccc(CC)c(OCCCOC)c1)C(C)C)C(=O)OC(C)(C)C. The third-order valence-electron chi connectivity index (χ3n) is 5.69. The number of carbonyl (C=O) groups is 2. The highest BCUT2D eigenvalue weighted by molar-refractivity contribution is 6.04. The number of rotatable bonds is 14. The summed E-state index contributed by atoms with van der Waals surface area (Å²) in [4.78, 5) is 25.9. The molecule has 0 spiro atoms. The summed E-state index contributed by atoms with van der Waals surface area (Å²) in [7, 11) is 1.68. The molecule has 0 aromatic heterocycles. The molecule has 0 aliphatic heterocycles. The largest absolute Gasteiger partial charge is 0.493 e. The van der Waals surface area contributed by atoms with Gasteiger partial charge in [-0.05, 0) is 76.0 Å². The molecular formula is C27H45NO6. The molecule has 7 heteroatoms. The van der Waals surface area contributed by atoms with Crippen molar-refractivity contribution in [3.63, 3.8) is 0 Å². The molecule has 0 amide bonds. The van der Waals surface area contributed by atoms with E-state index in [0.717, 1.165) is 29.7 Å². The quantitative estimate of drug-likeness (QED) is 0.239. The monoisotopic (exact) mass is 479 g/mol. The molecule has 0 saturated carbocycles. The van der Waals surface area contributed by atoms with Crippen LogP contribution in [0.15, 0.2) is 18.2 Å². The topological polar surface area (TPSA) is 97.1 Å². The van der Waals surface area contributed by atoms with Gasteiger partial charge in [-0.2, -0.15) is 0 Å². The fourth-order valence-corrected chi connectivity index (χ4v) is 3.68. The van der Waals surface area contributed by atoms with Crippen LogP contribution >= 0.6 is 0 Å². The molecule has 0 aliphatic carbocycles. The van der Waals surface area contributed by atoms with Crippen LogP contribution in [0.2, 0.25) is 0 Å². The summed E-state index contributed by atoms with van der Waals surface area (Å²) in [5.41, 5.74) is 6.01. The van der Waals surface area contributed by atoms with Gasteiger partial charge in [0.15, 0.2) is 0 Å². The van der Waals surface area contributed by atoms with Crippen molar-refractivity contribution >= 4 is 11.9 Å². The molecule has 0 fully saturated rings. The number of aryl methyl sites for hydroxylation is 1. The van der Waals surface area contributed by atoms with Crippen LogP contribution in [0.4, 0.5) is 0 Å². The maximum absolute atomic E-state index is 13.0. The zero-order chi connectivity index (χ0) is 25.9. The van der Waals surface area contributed by atoms with Gasteiger partial charge in [0.25, 0.3) is 0 Å². The first-order valence-electron chi connectivity index (χ1n) is 12.3. The maximum atomic E-state index is 13.0. The Kier molecular flexibility index (Phi) is 12.0. The van der Waals surface area contributed by atoms with E-state index in [1.54, 1.807) is 34.8 Å². The highest BCUT2D eigenvalue weighted by Gasteiger charge is 2.48. The van der Waals surface area contributed by atoms with Crippen LogP contribution in [0.25, 0.3) is 0 Å². The minimum Gasteiger partial charge on any atom is -0.493 e. The van der Waals surface area contributed by atoms with E-state index in [4.69, 9.17) is 24.7 Å². The van der Waals surface area contributed by atoms with Gasteiger partial charge in [0.1, 0.15) is 11.4 Å². The number of carbonyl (C=O) groups excluding carboxylic acids is 2. The first kappa shape index (κ1) is 29.9. The normalized spacial score (nSPS) is 14.4. The summed E-state index contributed by atoms with van der Waals surface area (Å²) in [6.45, 7) is 14.5. The number of hydrogen-bond acceptors (Lipinski definition) is 7. The lowest BCUT2D eigenvalue weighted by Gasteiger charge is -2.33.